The van der Waals surface area contributed by atoms with E-state index in [4.69, 9.17) is 0 Å². The molecule has 2 N–H and O–H groups in total. The van der Waals surface area contributed by atoms with Crippen LogP contribution in [0, 0.1) is 6.92 Å². The summed E-state index contributed by atoms with van der Waals surface area (Å²) in [5, 5.41) is 6.17. The number of hydrogen-bond donors (Lipinski definition) is 2. The molecular formula is C11H12BrN5. The maximum atomic E-state index is 4.30. The average molecular weight is 294 g/mol. The van der Waals surface area contributed by atoms with Gasteiger partial charge in [0.15, 0.2) is 0 Å². The number of aromatic nitrogens is 3. The van der Waals surface area contributed by atoms with Crippen LogP contribution < -0.4 is 10.6 Å². The molecule has 2 heterocycles. The quantitative estimate of drug-likeness (QED) is 0.911. The number of hydrogen-bond acceptors (Lipinski definition) is 5. The molecule has 0 fully saturated rings. The van der Waals surface area contributed by atoms with Crippen LogP contribution in [-0.2, 0) is 0 Å². The Morgan fingerprint density at radius 2 is 1.88 bits per heavy atom. The third kappa shape index (κ3) is 3.13. The molecule has 2 rings (SSSR count). The normalized spacial score (nSPS) is 10.1. The smallest absolute Gasteiger partial charge is 0.136 e. The summed E-state index contributed by atoms with van der Waals surface area (Å²) in [5.41, 5.74) is 0.875. The van der Waals surface area contributed by atoms with Crippen molar-refractivity contribution < 1.29 is 0 Å². The second-order valence-corrected chi connectivity index (χ2v) is 4.37. The first-order valence-corrected chi connectivity index (χ1v) is 5.87. The predicted octanol–water partition coefficient (Wildman–Crippen LogP) is 2.73. The van der Waals surface area contributed by atoms with Crippen LogP contribution in [0.15, 0.2) is 29.0 Å². The van der Waals surface area contributed by atoms with Gasteiger partial charge in [-0.25, -0.2) is 9.97 Å². The fraction of sp³-hybridized carbons (Fsp3) is 0.182. The van der Waals surface area contributed by atoms with Gasteiger partial charge < -0.3 is 10.6 Å². The number of nitrogens with one attached hydrogen (secondary N) is 2. The lowest BCUT2D eigenvalue weighted by Gasteiger charge is -2.08. The van der Waals surface area contributed by atoms with E-state index in [0.29, 0.717) is 5.82 Å². The first-order valence-electron chi connectivity index (χ1n) is 5.08. The van der Waals surface area contributed by atoms with Gasteiger partial charge in [0.25, 0.3) is 0 Å². The molecule has 17 heavy (non-hydrogen) atoms. The first kappa shape index (κ1) is 11.8. The fourth-order valence-corrected chi connectivity index (χ4v) is 1.75. The lowest BCUT2D eigenvalue weighted by molar-refractivity contribution is 1.05. The Hall–Kier alpha value is -1.69. The number of halogens is 1. The highest BCUT2D eigenvalue weighted by molar-refractivity contribution is 9.10. The molecule has 0 unspecified atom stereocenters. The zero-order valence-electron chi connectivity index (χ0n) is 9.53. The minimum absolute atomic E-state index is 0.710. The lowest BCUT2D eigenvalue weighted by atomic mass is 10.4. The Morgan fingerprint density at radius 3 is 2.59 bits per heavy atom. The third-order valence-electron chi connectivity index (χ3n) is 2.07. The summed E-state index contributed by atoms with van der Waals surface area (Å²) in [6, 6.07) is 3.78. The summed E-state index contributed by atoms with van der Waals surface area (Å²) in [6.07, 6.45) is 3.47. The lowest BCUT2D eigenvalue weighted by Crippen LogP contribution is -2.01. The van der Waals surface area contributed by atoms with E-state index in [2.05, 4.69) is 41.5 Å². The van der Waals surface area contributed by atoms with E-state index in [9.17, 15) is 0 Å². The molecule has 88 valence electrons. The summed E-state index contributed by atoms with van der Waals surface area (Å²) in [5.74, 6) is 2.23. The molecule has 0 aliphatic rings. The summed E-state index contributed by atoms with van der Waals surface area (Å²) >= 11 is 3.37. The zero-order chi connectivity index (χ0) is 12.3. The number of pyridine rings is 1. The van der Waals surface area contributed by atoms with Crippen LogP contribution in [0.2, 0.25) is 0 Å². The van der Waals surface area contributed by atoms with E-state index in [1.807, 2.05) is 26.1 Å². The molecule has 0 saturated carbocycles. The van der Waals surface area contributed by atoms with Crippen molar-refractivity contribution in [3.05, 3.63) is 34.8 Å². The van der Waals surface area contributed by atoms with Gasteiger partial charge in [-0.2, -0.15) is 0 Å². The van der Waals surface area contributed by atoms with E-state index < -0.39 is 0 Å². The Labute approximate surface area is 108 Å². The molecule has 6 heteroatoms. The van der Waals surface area contributed by atoms with Gasteiger partial charge in [0.05, 0.1) is 11.9 Å². The summed E-state index contributed by atoms with van der Waals surface area (Å²) in [7, 11) is 1.83. The largest absolute Gasteiger partial charge is 0.373 e. The summed E-state index contributed by atoms with van der Waals surface area (Å²) in [4.78, 5) is 12.6. The molecular weight excluding hydrogens is 282 g/mol. The van der Waals surface area contributed by atoms with E-state index in [0.717, 1.165) is 21.8 Å². The predicted molar refractivity (Wildman–Crippen MR) is 71.5 cm³/mol. The Bertz CT molecular complexity index is 529. The van der Waals surface area contributed by atoms with Crippen LogP contribution in [0.4, 0.5) is 17.3 Å². The van der Waals surface area contributed by atoms with Crippen LogP contribution in [0.5, 0.6) is 0 Å². The minimum atomic E-state index is 0.710. The molecule has 0 radical (unpaired) electrons. The van der Waals surface area contributed by atoms with Crippen LogP contribution in [0.3, 0.4) is 0 Å². The van der Waals surface area contributed by atoms with Crippen molar-refractivity contribution in [2.45, 2.75) is 6.92 Å². The summed E-state index contributed by atoms with van der Waals surface area (Å²) in [6.45, 7) is 1.85. The molecule has 0 aliphatic carbocycles. The van der Waals surface area contributed by atoms with Crippen molar-refractivity contribution >= 4 is 33.3 Å². The van der Waals surface area contributed by atoms with Gasteiger partial charge in [0.1, 0.15) is 17.5 Å². The Kier molecular flexibility index (Phi) is 3.53. The number of anilines is 3. The van der Waals surface area contributed by atoms with Crippen LogP contribution >= 0.6 is 15.9 Å². The van der Waals surface area contributed by atoms with Crippen molar-refractivity contribution in [1.82, 2.24) is 15.0 Å². The van der Waals surface area contributed by atoms with Crippen molar-refractivity contribution in [3.63, 3.8) is 0 Å². The van der Waals surface area contributed by atoms with Gasteiger partial charge in [0, 0.05) is 23.8 Å². The van der Waals surface area contributed by atoms with Gasteiger partial charge in [-0.05, 0) is 28.9 Å². The average Bonchev–Trinajstić information content (AvgIpc) is 2.28. The highest BCUT2D eigenvalue weighted by Crippen LogP contribution is 2.19. The number of aryl methyl sites for hydroxylation is 1. The molecule has 0 spiro atoms. The second kappa shape index (κ2) is 5.09. The van der Waals surface area contributed by atoms with Gasteiger partial charge >= 0.3 is 0 Å². The highest BCUT2D eigenvalue weighted by Gasteiger charge is 2.01. The maximum absolute atomic E-state index is 4.30. The fourth-order valence-electron chi connectivity index (χ4n) is 1.39. The molecule has 5 nitrogen and oxygen atoms in total. The maximum Gasteiger partial charge on any atom is 0.136 e. The molecule has 0 bridgehead atoms. The van der Waals surface area contributed by atoms with Crippen molar-refractivity contribution in [2.75, 3.05) is 17.7 Å². The summed E-state index contributed by atoms with van der Waals surface area (Å²) < 4.78 is 0.919. The standard InChI is InChI=1S/C11H12BrN5/c1-7-15-10(13-2)4-11(16-7)17-9-3-8(12)5-14-6-9/h3-6H,1-2H3,(H2,13,15,16,17). The zero-order valence-corrected chi connectivity index (χ0v) is 11.1. The van der Waals surface area contributed by atoms with Gasteiger partial charge in [-0.1, -0.05) is 0 Å². The van der Waals surface area contributed by atoms with Crippen LogP contribution in [0.25, 0.3) is 0 Å². The molecule has 0 saturated heterocycles. The van der Waals surface area contributed by atoms with E-state index >= 15 is 0 Å². The Balaban J connectivity index is 2.26. The Morgan fingerprint density at radius 1 is 1.12 bits per heavy atom. The van der Waals surface area contributed by atoms with Crippen molar-refractivity contribution in [2.24, 2.45) is 0 Å². The van der Waals surface area contributed by atoms with Crippen LogP contribution in [-0.4, -0.2) is 22.0 Å². The minimum Gasteiger partial charge on any atom is -0.373 e. The molecule has 0 atom stereocenters. The third-order valence-corrected chi connectivity index (χ3v) is 2.51. The topological polar surface area (TPSA) is 62.7 Å². The molecule has 0 aliphatic heterocycles. The van der Waals surface area contributed by atoms with E-state index in [1.165, 1.54) is 0 Å². The van der Waals surface area contributed by atoms with E-state index in [1.54, 1.807) is 12.4 Å². The van der Waals surface area contributed by atoms with Gasteiger partial charge in [0.2, 0.25) is 0 Å². The van der Waals surface area contributed by atoms with Gasteiger partial charge in [-0.3, -0.25) is 4.98 Å². The molecule has 2 aromatic heterocycles. The highest BCUT2D eigenvalue weighted by atomic mass is 79.9. The van der Waals surface area contributed by atoms with Crippen molar-refractivity contribution in [3.8, 4) is 0 Å². The SMILES string of the molecule is CNc1cc(Nc2cncc(Br)c2)nc(C)n1. The number of nitrogens with zero attached hydrogens (tertiary/aromatic N) is 3. The number of rotatable bonds is 3. The second-order valence-electron chi connectivity index (χ2n) is 3.45. The van der Waals surface area contributed by atoms with Crippen LogP contribution in [0.1, 0.15) is 5.82 Å². The molecule has 0 amide bonds. The first-order chi connectivity index (χ1) is 8.17. The molecule has 2 aromatic rings. The van der Waals surface area contributed by atoms with Gasteiger partial charge in [-0.15, -0.1) is 0 Å². The van der Waals surface area contributed by atoms with E-state index in [-0.39, 0.29) is 0 Å². The monoisotopic (exact) mass is 293 g/mol. The van der Waals surface area contributed by atoms with Crippen molar-refractivity contribution in [1.29, 1.82) is 0 Å². The molecule has 0 aromatic carbocycles.